The predicted octanol–water partition coefficient (Wildman–Crippen LogP) is 1.10. The Morgan fingerprint density at radius 3 is 2.71 bits per heavy atom. The predicted molar refractivity (Wildman–Crippen MR) is 125 cm³/mol. The van der Waals surface area contributed by atoms with Gasteiger partial charge in [-0.05, 0) is 47.0 Å². The van der Waals surface area contributed by atoms with E-state index in [1.54, 1.807) is 27.7 Å². The lowest BCUT2D eigenvalue weighted by Gasteiger charge is -2.29. The normalized spacial score (nSPS) is 32.9. The smallest absolute Gasteiger partial charge is 0.332 e. The van der Waals surface area contributed by atoms with Crippen molar-refractivity contribution in [2.24, 2.45) is 11.8 Å². The number of esters is 2. The lowest BCUT2D eigenvalue weighted by Crippen LogP contribution is -2.54. The highest BCUT2D eigenvalue weighted by Crippen LogP contribution is 2.46. The first-order valence-electron chi connectivity index (χ1n) is 12.4. The highest BCUT2D eigenvalue weighted by Gasteiger charge is 2.62. The summed E-state index contributed by atoms with van der Waals surface area (Å²) in [5.41, 5.74) is -1.87. The molecule has 35 heavy (non-hydrogen) atoms. The molecule has 196 valence electrons. The third kappa shape index (κ3) is 6.82. The molecule has 0 aromatic carbocycles. The van der Waals surface area contributed by atoms with Crippen LogP contribution in [0.2, 0.25) is 0 Å². The zero-order chi connectivity index (χ0) is 25.8. The zero-order valence-corrected chi connectivity index (χ0v) is 21.1. The molecule has 2 fully saturated rings. The van der Waals surface area contributed by atoms with Crippen LogP contribution in [-0.2, 0) is 33.4 Å². The number of hydrogen-bond donors (Lipinski definition) is 2. The van der Waals surface area contributed by atoms with E-state index >= 15 is 0 Å². The van der Waals surface area contributed by atoms with Crippen LogP contribution in [0.5, 0.6) is 0 Å². The molecule has 0 aromatic heterocycles. The Morgan fingerprint density at radius 2 is 2.03 bits per heavy atom. The molecule has 2 aliphatic heterocycles. The lowest BCUT2D eigenvalue weighted by molar-refractivity contribution is -0.159. The number of fused-ring (bicyclic) bond motifs is 2. The van der Waals surface area contributed by atoms with E-state index in [0.29, 0.717) is 19.4 Å². The second kappa shape index (κ2) is 11.1. The largest absolute Gasteiger partial charge is 0.464 e. The number of nitrogens with zero attached hydrogens (tertiary/aromatic N) is 1. The number of carbonyl (C=O) groups is 4. The Bertz CT molecular complexity index is 851. The van der Waals surface area contributed by atoms with Gasteiger partial charge in [0, 0.05) is 25.5 Å². The molecule has 1 unspecified atom stereocenters. The average molecular weight is 495 g/mol. The van der Waals surface area contributed by atoms with Gasteiger partial charge in [-0.3, -0.25) is 14.4 Å². The molecule has 0 spiro atoms. The van der Waals surface area contributed by atoms with E-state index in [1.807, 2.05) is 12.2 Å². The van der Waals surface area contributed by atoms with Gasteiger partial charge in [-0.1, -0.05) is 12.2 Å². The summed E-state index contributed by atoms with van der Waals surface area (Å²) in [4.78, 5) is 53.4. The van der Waals surface area contributed by atoms with Gasteiger partial charge in [0.05, 0.1) is 31.7 Å². The fourth-order valence-electron chi connectivity index (χ4n) is 4.69. The SMILES string of the molecule is CCOC(=O)[C@@]12C[C@H]1/C=C\CCOCC[C@H](CC(=O)OC(C)(C)C)C(=O)N1C[C@H](O)CC1C(=O)N2. The fraction of sp³-hybridized carbons (Fsp3) is 0.760. The van der Waals surface area contributed by atoms with Gasteiger partial charge < -0.3 is 29.5 Å². The molecule has 2 heterocycles. The van der Waals surface area contributed by atoms with Crippen molar-refractivity contribution >= 4 is 23.8 Å². The summed E-state index contributed by atoms with van der Waals surface area (Å²) in [6.45, 7) is 7.78. The number of carbonyl (C=O) groups excluding carboxylic acids is 4. The molecule has 2 amide bonds. The summed E-state index contributed by atoms with van der Waals surface area (Å²) in [5.74, 6) is -2.94. The van der Waals surface area contributed by atoms with Crippen molar-refractivity contribution in [3.63, 3.8) is 0 Å². The average Bonchev–Trinajstić information content (AvgIpc) is 3.30. The van der Waals surface area contributed by atoms with Crippen LogP contribution in [0.25, 0.3) is 0 Å². The van der Waals surface area contributed by atoms with Crippen molar-refractivity contribution in [2.75, 3.05) is 26.4 Å². The van der Waals surface area contributed by atoms with Crippen molar-refractivity contribution in [2.45, 2.75) is 83.1 Å². The molecule has 1 saturated carbocycles. The first kappa shape index (κ1) is 27.1. The zero-order valence-electron chi connectivity index (χ0n) is 21.1. The number of nitrogens with one attached hydrogen (secondary N) is 1. The van der Waals surface area contributed by atoms with E-state index in [2.05, 4.69) is 5.32 Å². The van der Waals surface area contributed by atoms with Gasteiger partial charge in [0.15, 0.2) is 0 Å². The van der Waals surface area contributed by atoms with E-state index < -0.39 is 53.0 Å². The van der Waals surface area contributed by atoms with Crippen LogP contribution < -0.4 is 5.32 Å². The van der Waals surface area contributed by atoms with E-state index in [9.17, 15) is 24.3 Å². The minimum atomic E-state index is -1.18. The minimum absolute atomic E-state index is 0.0294. The molecule has 10 heteroatoms. The number of aliphatic hydroxyl groups excluding tert-OH is 1. The summed E-state index contributed by atoms with van der Waals surface area (Å²) >= 11 is 0. The van der Waals surface area contributed by atoms with Gasteiger partial charge in [-0.2, -0.15) is 0 Å². The Labute approximate surface area is 206 Å². The minimum Gasteiger partial charge on any atom is -0.464 e. The molecule has 0 aromatic rings. The third-order valence-electron chi connectivity index (χ3n) is 6.46. The second-order valence-electron chi connectivity index (χ2n) is 10.5. The van der Waals surface area contributed by atoms with E-state index in [1.165, 1.54) is 4.90 Å². The molecule has 10 nitrogen and oxygen atoms in total. The quantitative estimate of drug-likeness (QED) is 0.439. The molecule has 2 N–H and O–H groups in total. The highest BCUT2D eigenvalue weighted by molar-refractivity contribution is 5.96. The first-order valence-corrected chi connectivity index (χ1v) is 12.4. The number of ether oxygens (including phenoxy) is 3. The number of amides is 2. The van der Waals surface area contributed by atoms with Crippen molar-refractivity contribution < 1.29 is 38.5 Å². The molecule has 5 atom stereocenters. The third-order valence-corrected chi connectivity index (χ3v) is 6.46. The van der Waals surface area contributed by atoms with Crippen LogP contribution in [0.15, 0.2) is 12.2 Å². The topological polar surface area (TPSA) is 131 Å². The Morgan fingerprint density at radius 1 is 1.29 bits per heavy atom. The second-order valence-corrected chi connectivity index (χ2v) is 10.5. The molecule has 3 rings (SSSR count). The fourth-order valence-corrected chi connectivity index (χ4v) is 4.69. The summed E-state index contributed by atoms with van der Waals surface area (Å²) in [5, 5.41) is 13.1. The van der Waals surface area contributed by atoms with Crippen LogP contribution in [0.4, 0.5) is 0 Å². The van der Waals surface area contributed by atoms with E-state index in [4.69, 9.17) is 14.2 Å². The van der Waals surface area contributed by atoms with Crippen LogP contribution >= 0.6 is 0 Å². The Hall–Kier alpha value is -2.46. The number of aliphatic hydroxyl groups is 1. The lowest BCUT2D eigenvalue weighted by atomic mass is 9.99. The maximum Gasteiger partial charge on any atom is 0.332 e. The summed E-state index contributed by atoms with van der Waals surface area (Å²) in [7, 11) is 0. The van der Waals surface area contributed by atoms with Crippen molar-refractivity contribution in [3.05, 3.63) is 12.2 Å². The Kier molecular flexibility index (Phi) is 8.58. The van der Waals surface area contributed by atoms with Crippen molar-refractivity contribution in [3.8, 4) is 0 Å². The summed E-state index contributed by atoms with van der Waals surface area (Å²) in [6, 6.07) is -0.957. The molecule has 0 radical (unpaired) electrons. The molecule has 1 aliphatic carbocycles. The maximum atomic E-state index is 13.5. The molecule has 0 bridgehead atoms. The van der Waals surface area contributed by atoms with E-state index in [0.717, 1.165) is 0 Å². The van der Waals surface area contributed by atoms with Crippen molar-refractivity contribution in [1.82, 2.24) is 10.2 Å². The first-order chi connectivity index (χ1) is 16.5. The molecule has 1 saturated heterocycles. The number of rotatable bonds is 4. The van der Waals surface area contributed by atoms with Gasteiger partial charge in [0.25, 0.3) is 0 Å². The summed E-state index contributed by atoms with van der Waals surface area (Å²) < 4.78 is 16.3. The molecule has 3 aliphatic rings. The van der Waals surface area contributed by atoms with Crippen LogP contribution in [0.3, 0.4) is 0 Å². The highest BCUT2D eigenvalue weighted by atomic mass is 16.6. The van der Waals surface area contributed by atoms with Gasteiger partial charge >= 0.3 is 11.9 Å². The standard InChI is InChI=1S/C25H38N2O8/c1-5-34-23(32)25-14-17(25)8-6-7-10-33-11-9-16(12-20(29)35-24(2,3)4)22(31)27-15-18(28)13-19(27)21(30)26-25/h6,8,16-19,28H,5,7,9-15H2,1-4H3,(H,26,30)/b8-6-/t16-,17-,18-,19?,25-/m1/s1. The summed E-state index contributed by atoms with van der Waals surface area (Å²) in [6.07, 6.45) is 4.08. The van der Waals surface area contributed by atoms with Crippen LogP contribution in [0.1, 0.15) is 59.8 Å². The molecular weight excluding hydrogens is 456 g/mol. The van der Waals surface area contributed by atoms with Crippen LogP contribution in [0, 0.1) is 11.8 Å². The monoisotopic (exact) mass is 494 g/mol. The van der Waals surface area contributed by atoms with Crippen LogP contribution in [-0.4, -0.2) is 83.4 Å². The number of hydrogen-bond acceptors (Lipinski definition) is 8. The van der Waals surface area contributed by atoms with Gasteiger partial charge in [-0.25, -0.2) is 4.79 Å². The van der Waals surface area contributed by atoms with Crippen molar-refractivity contribution in [1.29, 1.82) is 0 Å². The van der Waals surface area contributed by atoms with E-state index in [-0.39, 0.29) is 44.9 Å². The van der Waals surface area contributed by atoms with Gasteiger partial charge in [0.1, 0.15) is 17.2 Å². The van der Waals surface area contributed by atoms with Gasteiger partial charge in [-0.15, -0.1) is 0 Å². The molecular formula is C25H38N2O8. The maximum absolute atomic E-state index is 13.5. The van der Waals surface area contributed by atoms with Gasteiger partial charge in [0.2, 0.25) is 11.8 Å². The Balaban J connectivity index is 1.84.